The van der Waals surface area contributed by atoms with Gasteiger partial charge in [-0.2, -0.15) is 10.1 Å². The zero-order valence-electron chi connectivity index (χ0n) is 18.6. The molecule has 2 aliphatic heterocycles. The van der Waals surface area contributed by atoms with Crippen molar-refractivity contribution in [2.75, 3.05) is 37.6 Å². The fraction of sp³-hybridized carbons (Fsp3) is 0.409. The molecule has 1 saturated heterocycles. The first-order valence-corrected chi connectivity index (χ1v) is 10.8. The minimum absolute atomic E-state index is 0.222. The summed E-state index contributed by atoms with van der Waals surface area (Å²) in [5.74, 6) is 0.295. The Morgan fingerprint density at radius 1 is 1.18 bits per heavy atom. The van der Waals surface area contributed by atoms with Crippen molar-refractivity contribution < 1.29 is 14.3 Å². The Morgan fingerprint density at radius 2 is 1.94 bits per heavy atom. The number of amides is 2. The standard InChI is InChI=1S/C22H26N8O3/c1-22(2)11-13-10-14(17-16(18(24)32)20-25-4-3-5-30(20)27-17)19(26-21(13)33-22)29-8-6-28(7-9-29)12-15(23)31/h3-5,10H,6-9,11-12H2,1-2H3,(H2,23,31)(H2,24,32). The van der Waals surface area contributed by atoms with Gasteiger partial charge >= 0.3 is 0 Å². The first-order valence-electron chi connectivity index (χ1n) is 10.8. The number of pyridine rings is 1. The quantitative estimate of drug-likeness (QED) is 0.561. The van der Waals surface area contributed by atoms with Gasteiger partial charge in [0.05, 0.1) is 6.54 Å². The average Bonchev–Trinajstić information content (AvgIpc) is 3.28. The second kappa shape index (κ2) is 7.69. The first kappa shape index (κ1) is 21.1. The fourth-order valence-corrected chi connectivity index (χ4v) is 4.56. The molecule has 0 saturated carbocycles. The third kappa shape index (κ3) is 3.84. The van der Waals surface area contributed by atoms with E-state index in [4.69, 9.17) is 21.2 Å². The topological polar surface area (TPSA) is 145 Å². The van der Waals surface area contributed by atoms with Gasteiger partial charge in [0.1, 0.15) is 22.7 Å². The number of primary amides is 2. The lowest BCUT2D eigenvalue weighted by atomic mass is 9.99. The highest BCUT2D eigenvalue weighted by molar-refractivity contribution is 6.05. The molecule has 0 atom stereocenters. The van der Waals surface area contributed by atoms with E-state index in [2.05, 4.69) is 15.0 Å². The molecule has 0 spiro atoms. The number of rotatable bonds is 5. The summed E-state index contributed by atoms with van der Waals surface area (Å²) in [5, 5.41) is 4.65. The number of carbonyl (C=O) groups is 2. The number of carbonyl (C=O) groups excluding carboxylic acids is 2. The van der Waals surface area contributed by atoms with Crippen LogP contribution in [0.3, 0.4) is 0 Å². The minimum atomic E-state index is -0.604. The highest BCUT2D eigenvalue weighted by atomic mass is 16.5. The summed E-state index contributed by atoms with van der Waals surface area (Å²) in [4.78, 5) is 37.1. The number of fused-ring (bicyclic) bond motifs is 2. The summed E-state index contributed by atoms with van der Waals surface area (Å²) in [6.45, 7) is 6.83. The monoisotopic (exact) mass is 450 g/mol. The van der Waals surface area contributed by atoms with Gasteiger partial charge in [-0.1, -0.05) is 0 Å². The second-order valence-corrected chi connectivity index (χ2v) is 9.07. The molecule has 0 aliphatic carbocycles. The molecule has 4 N–H and O–H groups in total. The molecule has 0 unspecified atom stereocenters. The van der Waals surface area contributed by atoms with Crippen LogP contribution in [0.25, 0.3) is 16.9 Å². The highest BCUT2D eigenvalue weighted by Crippen LogP contribution is 2.41. The lowest BCUT2D eigenvalue weighted by Crippen LogP contribution is -2.49. The van der Waals surface area contributed by atoms with Crippen LogP contribution >= 0.6 is 0 Å². The molecule has 2 aliphatic rings. The molecule has 5 rings (SSSR count). The van der Waals surface area contributed by atoms with Crippen LogP contribution in [0.15, 0.2) is 24.5 Å². The Labute approximate surface area is 190 Å². The predicted octanol–water partition coefficient (Wildman–Crippen LogP) is 0.211. The zero-order valence-corrected chi connectivity index (χ0v) is 18.6. The van der Waals surface area contributed by atoms with Crippen molar-refractivity contribution in [3.05, 3.63) is 35.7 Å². The van der Waals surface area contributed by atoms with E-state index in [1.165, 1.54) is 0 Å². The van der Waals surface area contributed by atoms with E-state index in [1.54, 1.807) is 23.0 Å². The Hall–Kier alpha value is -3.73. The minimum Gasteiger partial charge on any atom is -0.471 e. The first-order chi connectivity index (χ1) is 15.7. The third-order valence-electron chi connectivity index (χ3n) is 5.98. The molecule has 5 heterocycles. The number of anilines is 1. The Kier molecular flexibility index (Phi) is 4.93. The Morgan fingerprint density at radius 3 is 2.64 bits per heavy atom. The lowest BCUT2D eigenvalue weighted by Gasteiger charge is -2.35. The van der Waals surface area contributed by atoms with Gasteiger partial charge in [-0.05, 0) is 26.0 Å². The van der Waals surface area contributed by atoms with Gasteiger partial charge in [-0.3, -0.25) is 14.5 Å². The molecule has 0 bridgehead atoms. The normalized spacial score (nSPS) is 17.7. The van der Waals surface area contributed by atoms with E-state index in [9.17, 15) is 9.59 Å². The van der Waals surface area contributed by atoms with Crippen LogP contribution in [0.1, 0.15) is 29.8 Å². The molecule has 33 heavy (non-hydrogen) atoms. The van der Waals surface area contributed by atoms with Gasteiger partial charge < -0.3 is 21.1 Å². The summed E-state index contributed by atoms with van der Waals surface area (Å²) in [6.07, 6.45) is 4.02. The molecule has 11 heteroatoms. The molecular weight excluding hydrogens is 424 g/mol. The fourth-order valence-electron chi connectivity index (χ4n) is 4.56. The smallest absolute Gasteiger partial charge is 0.254 e. The SMILES string of the molecule is CC1(C)Cc2cc(-c3nn4cccnc4c3C(N)=O)c(N3CCN(CC(N)=O)CC3)nc2O1. The van der Waals surface area contributed by atoms with E-state index in [0.717, 1.165) is 5.56 Å². The van der Waals surface area contributed by atoms with Crippen molar-refractivity contribution in [2.24, 2.45) is 11.5 Å². The van der Waals surface area contributed by atoms with E-state index in [-0.39, 0.29) is 23.6 Å². The predicted molar refractivity (Wildman–Crippen MR) is 121 cm³/mol. The van der Waals surface area contributed by atoms with Crippen molar-refractivity contribution in [2.45, 2.75) is 25.9 Å². The zero-order chi connectivity index (χ0) is 23.3. The molecule has 2 amide bonds. The number of piperazine rings is 1. The number of ether oxygens (including phenoxy) is 1. The van der Waals surface area contributed by atoms with E-state index in [1.807, 2.05) is 24.8 Å². The van der Waals surface area contributed by atoms with Crippen LogP contribution in [0.2, 0.25) is 0 Å². The maximum Gasteiger partial charge on any atom is 0.254 e. The molecule has 3 aromatic heterocycles. The number of aromatic nitrogens is 4. The molecule has 172 valence electrons. The highest BCUT2D eigenvalue weighted by Gasteiger charge is 2.35. The van der Waals surface area contributed by atoms with Gasteiger partial charge in [-0.15, -0.1) is 0 Å². The maximum atomic E-state index is 12.5. The van der Waals surface area contributed by atoms with Crippen molar-refractivity contribution >= 4 is 23.3 Å². The third-order valence-corrected chi connectivity index (χ3v) is 5.98. The largest absolute Gasteiger partial charge is 0.471 e. The summed E-state index contributed by atoms with van der Waals surface area (Å²) in [5.41, 5.74) is 13.5. The van der Waals surface area contributed by atoms with Crippen LogP contribution < -0.4 is 21.1 Å². The number of hydrogen-bond donors (Lipinski definition) is 2. The van der Waals surface area contributed by atoms with Crippen molar-refractivity contribution in [1.82, 2.24) is 24.5 Å². The number of nitrogens with two attached hydrogens (primary N) is 2. The average molecular weight is 451 g/mol. The summed E-state index contributed by atoms with van der Waals surface area (Å²) < 4.78 is 7.64. The summed E-state index contributed by atoms with van der Waals surface area (Å²) in [7, 11) is 0. The number of nitrogens with zero attached hydrogens (tertiary/aromatic N) is 6. The van der Waals surface area contributed by atoms with Crippen molar-refractivity contribution in [1.29, 1.82) is 0 Å². The molecule has 11 nitrogen and oxygen atoms in total. The molecule has 0 aromatic carbocycles. The van der Waals surface area contributed by atoms with E-state index in [0.29, 0.717) is 61.2 Å². The number of hydrogen-bond acceptors (Lipinski definition) is 8. The summed E-state index contributed by atoms with van der Waals surface area (Å²) >= 11 is 0. The van der Waals surface area contributed by atoms with Crippen molar-refractivity contribution in [3.8, 4) is 17.1 Å². The van der Waals surface area contributed by atoms with Gasteiger partial charge in [0.15, 0.2) is 5.65 Å². The molecule has 1 fully saturated rings. The lowest BCUT2D eigenvalue weighted by molar-refractivity contribution is -0.119. The van der Waals surface area contributed by atoms with Gasteiger partial charge in [0, 0.05) is 56.1 Å². The van der Waals surface area contributed by atoms with Crippen LogP contribution in [-0.2, 0) is 11.2 Å². The van der Waals surface area contributed by atoms with Crippen LogP contribution in [0.4, 0.5) is 5.82 Å². The van der Waals surface area contributed by atoms with Crippen molar-refractivity contribution in [3.63, 3.8) is 0 Å². The molecule has 0 radical (unpaired) electrons. The molecule has 3 aromatic rings. The van der Waals surface area contributed by atoms with Gasteiger partial charge in [0.25, 0.3) is 5.91 Å². The Bertz CT molecular complexity index is 1260. The second-order valence-electron chi connectivity index (χ2n) is 9.07. The van der Waals surface area contributed by atoms with E-state index < -0.39 is 5.91 Å². The van der Waals surface area contributed by atoms with Crippen LogP contribution in [0, 0.1) is 0 Å². The van der Waals surface area contributed by atoms with E-state index >= 15 is 0 Å². The summed E-state index contributed by atoms with van der Waals surface area (Å²) in [6, 6.07) is 3.74. The Balaban J connectivity index is 1.62. The maximum absolute atomic E-state index is 12.5. The van der Waals surface area contributed by atoms with Crippen LogP contribution in [-0.4, -0.2) is 74.6 Å². The molecular formula is C22H26N8O3. The van der Waals surface area contributed by atoms with Gasteiger partial charge in [0.2, 0.25) is 11.8 Å². The van der Waals surface area contributed by atoms with Crippen LogP contribution in [0.5, 0.6) is 5.88 Å². The van der Waals surface area contributed by atoms with Gasteiger partial charge in [-0.25, -0.2) is 9.50 Å².